The molecule has 0 unspecified atom stereocenters. The quantitative estimate of drug-likeness (QED) is 0.498. The lowest BCUT2D eigenvalue weighted by molar-refractivity contribution is 0.367. The molecule has 2 heterocycles. The van der Waals surface area contributed by atoms with Crippen LogP contribution in [0.3, 0.4) is 0 Å². The highest BCUT2D eigenvalue weighted by Crippen LogP contribution is 2.25. The van der Waals surface area contributed by atoms with Crippen molar-refractivity contribution in [1.29, 1.82) is 0 Å². The summed E-state index contributed by atoms with van der Waals surface area (Å²) in [7, 11) is 0. The van der Waals surface area contributed by atoms with E-state index in [1.165, 1.54) is 9.13 Å². The smallest absolute Gasteiger partial charge is 0.332 e. The molecule has 29 heavy (non-hydrogen) atoms. The van der Waals surface area contributed by atoms with Crippen LogP contribution in [-0.4, -0.2) is 19.3 Å². The van der Waals surface area contributed by atoms with Gasteiger partial charge in [0.1, 0.15) is 6.54 Å². The topological polar surface area (TPSA) is 82.9 Å². The monoisotopic (exact) mass is 410 g/mol. The maximum atomic E-state index is 13.2. The molecule has 0 saturated carbocycles. The van der Waals surface area contributed by atoms with E-state index in [9.17, 15) is 9.59 Å². The van der Waals surface area contributed by atoms with Gasteiger partial charge < -0.3 is 4.52 Å². The van der Waals surface area contributed by atoms with Gasteiger partial charge in [-0.3, -0.25) is 13.9 Å². The van der Waals surface area contributed by atoms with Gasteiger partial charge in [0, 0.05) is 11.6 Å². The van der Waals surface area contributed by atoms with Crippen molar-refractivity contribution in [2.24, 2.45) is 0 Å². The van der Waals surface area contributed by atoms with Crippen molar-refractivity contribution in [3.63, 3.8) is 0 Å². The zero-order valence-electron chi connectivity index (χ0n) is 16.0. The van der Waals surface area contributed by atoms with Gasteiger partial charge in [-0.2, -0.15) is 4.98 Å². The highest BCUT2D eigenvalue weighted by molar-refractivity contribution is 6.33. The molecule has 0 radical (unpaired) electrons. The van der Waals surface area contributed by atoms with Crippen LogP contribution in [0.25, 0.3) is 22.3 Å². The van der Waals surface area contributed by atoms with Crippen LogP contribution in [0, 0.1) is 0 Å². The van der Waals surface area contributed by atoms with Crippen LogP contribution in [0.5, 0.6) is 0 Å². The van der Waals surface area contributed by atoms with Crippen LogP contribution in [0.1, 0.15) is 32.2 Å². The minimum atomic E-state index is -0.402. The second-order valence-electron chi connectivity index (χ2n) is 6.81. The lowest BCUT2D eigenvalue weighted by Crippen LogP contribution is -2.41. The Labute approximate surface area is 171 Å². The molecule has 0 aliphatic rings. The Morgan fingerprint density at radius 1 is 1.10 bits per heavy atom. The number of nitrogens with zero attached hydrogens (tertiary/aromatic N) is 4. The van der Waals surface area contributed by atoms with Crippen LogP contribution in [0.2, 0.25) is 5.02 Å². The van der Waals surface area contributed by atoms with Crippen molar-refractivity contribution < 1.29 is 4.52 Å². The summed E-state index contributed by atoms with van der Waals surface area (Å²) in [5, 5.41) is 4.97. The fourth-order valence-electron chi connectivity index (χ4n) is 3.27. The molecule has 0 saturated heterocycles. The Bertz CT molecular complexity index is 1310. The molecule has 1 atom stereocenters. The summed E-state index contributed by atoms with van der Waals surface area (Å²) in [6, 6.07) is 14.0. The van der Waals surface area contributed by atoms with Gasteiger partial charge in [-0.1, -0.05) is 47.9 Å². The number of benzene rings is 2. The molecule has 4 aromatic rings. The minimum Gasteiger partial charge on any atom is -0.337 e. The molecule has 2 aromatic heterocycles. The Kier molecular flexibility index (Phi) is 5.07. The van der Waals surface area contributed by atoms with Crippen LogP contribution in [0.15, 0.2) is 62.6 Å². The maximum absolute atomic E-state index is 13.2. The third-order valence-corrected chi connectivity index (χ3v) is 5.32. The van der Waals surface area contributed by atoms with Crippen molar-refractivity contribution in [2.75, 3.05) is 0 Å². The van der Waals surface area contributed by atoms with Gasteiger partial charge in [-0.05, 0) is 37.6 Å². The van der Waals surface area contributed by atoms with E-state index in [0.717, 1.165) is 0 Å². The Morgan fingerprint density at radius 2 is 1.83 bits per heavy atom. The number of para-hydroxylation sites is 1. The molecule has 8 heteroatoms. The van der Waals surface area contributed by atoms with Crippen LogP contribution < -0.4 is 11.2 Å². The summed E-state index contributed by atoms with van der Waals surface area (Å²) < 4.78 is 8.15. The summed E-state index contributed by atoms with van der Waals surface area (Å²) in [6.45, 7) is 3.83. The normalized spacial score (nSPS) is 12.4. The number of halogens is 1. The average Bonchev–Trinajstić information content (AvgIpc) is 3.19. The summed E-state index contributed by atoms with van der Waals surface area (Å²) >= 11 is 6.21. The molecule has 0 aliphatic heterocycles. The average molecular weight is 411 g/mol. The van der Waals surface area contributed by atoms with Gasteiger partial charge >= 0.3 is 5.69 Å². The van der Waals surface area contributed by atoms with Crippen molar-refractivity contribution in [3.05, 3.63) is 80.3 Å². The summed E-state index contributed by atoms with van der Waals surface area (Å²) in [5.41, 5.74) is 0.476. The third kappa shape index (κ3) is 3.38. The molecule has 0 aliphatic carbocycles. The van der Waals surface area contributed by atoms with Crippen molar-refractivity contribution >= 4 is 22.5 Å². The standard InChI is InChI=1S/C21H19ClN4O3/c1-3-13(2)26-20(27)15-9-5-7-11-17(15)25(21(26)28)12-18-23-19(24-29-18)14-8-4-6-10-16(14)22/h4-11,13H,3,12H2,1-2H3/t13-/m1/s1. The molecule has 2 aromatic carbocycles. The van der Waals surface area contributed by atoms with E-state index in [1.54, 1.807) is 36.4 Å². The maximum Gasteiger partial charge on any atom is 0.332 e. The number of rotatable bonds is 5. The SMILES string of the molecule is CC[C@@H](C)n1c(=O)c2ccccc2n(Cc2nc(-c3ccccc3Cl)no2)c1=O. The van der Waals surface area contributed by atoms with E-state index >= 15 is 0 Å². The number of hydrogen-bond acceptors (Lipinski definition) is 5. The predicted molar refractivity (Wildman–Crippen MR) is 111 cm³/mol. The Hall–Kier alpha value is -3.19. The van der Waals surface area contributed by atoms with Gasteiger partial charge in [-0.15, -0.1) is 0 Å². The zero-order chi connectivity index (χ0) is 20.5. The third-order valence-electron chi connectivity index (χ3n) is 4.99. The molecule has 0 amide bonds. The largest absolute Gasteiger partial charge is 0.337 e. The van der Waals surface area contributed by atoms with E-state index in [1.807, 2.05) is 26.0 Å². The highest BCUT2D eigenvalue weighted by Gasteiger charge is 2.19. The number of fused-ring (bicyclic) bond motifs is 1. The van der Waals surface area contributed by atoms with Crippen molar-refractivity contribution in [3.8, 4) is 11.4 Å². The lowest BCUT2D eigenvalue weighted by atomic mass is 10.2. The molecule has 0 N–H and O–H groups in total. The van der Waals surface area contributed by atoms with Crippen molar-refractivity contribution in [2.45, 2.75) is 32.9 Å². The predicted octanol–water partition coefficient (Wildman–Crippen LogP) is 3.89. The molecular formula is C21H19ClN4O3. The van der Waals surface area contributed by atoms with E-state index in [0.29, 0.717) is 33.7 Å². The van der Waals surface area contributed by atoms with Gasteiger partial charge in [0.25, 0.3) is 5.56 Å². The summed E-state index contributed by atoms with van der Waals surface area (Å²) in [4.78, 5) is 30.4. The van der Waals surface area contributed by atoms with E-state index in [-0.39, 0.29) is 24.0 Å². The minimum absolute atomic E-state index is 0.0491. The molecule has 0 spiro atoms. The second-order valence-corrected chi connectivity index (χ2v) is 7.22. The fourth-order valence-corrected chi connectivity index (χ4v) is 3.49. The summed E-state index contributed by atoms with van der Waals surface area (Å²) in [5.74, 6) is 0.597. The Balaban J connectivity index is 1.84. The molecular weight excluding hydrogens is 392 g/mol. The van der Waals surface area contributed by atoms with E-state index < -0.39 is 5.69 Å². The number of hydrogen-bond donors (Lipinski definition) is 0. The van der Waals surface area contributed by atoms with E-state index in [2.05, 4.69) is 10.1 Å². The van der Waals surface area contributed by atoms with E-state index in [4.69, 9.17) is 16.1 Å². The van der Waals surface area contributed by atoms with Crippen LogP contribution >= 0.6 is 11.6 Å². The summed E-state index contributed by atoms with van der Waals surface area (Å²) in [6.07, 6.45) is 0.657. The van der Waals surface area contributed by atoms with Gasteiger partial charge in [0.2, 0.25) is 11.7 Å². The fraction of sp³-hybridized carbons (Fsp3) is 0.238. The molecule has 148 valence electrons. The van der Waals surface area contributed by atoms with Gasteiger partial charge in [-0.25, -0.2) is 4.79 Å². The highest BCUT2D eigenvalue weighted by atomic mass is 35.5. The molecule has 0 bridgehead atoms. The number of aromatic nitrogens is 4. The molecule has 0 fully saturated rings. The Morgan fingerprint density at radius 3 is 2.59 bits per heavy atom. The first-order valence-corrected chi connectivity index (χ1v) is 9.70. The second kappa shape index (κ2) is 7.67. The van der Waals surface area contributed by atoms with Gasteiger partial charge in [0.15, 0.2) is 0 Å². The first-order chi connectivity index (χ1) is 14.0. The zero-order valence-corrected chi connectivity index (χ0v) is 16.8. The van der Waals surface area contributed by atoms with Crippen LogP contribution in [0.4, 0.5) is 0 Å². The lowest BCUT2D eigenvalue weighted by Gasteiger charge is -2.16. The van der Waals surface area contributed by atoms with Crippen molar-refractivity contribution in [1.82, 2.24) is 19.3 Å². The first kappa shape index (κ1) is 19.1. The molecule has 7 nitrogen and oxygen atoms in total. The van der Waals surface area contributed by atoms with Gasteiger partial charge in [0.05, 0.1) is 15.9 Å². The first-order valence-electron chi connectivity index (χ1n) is 9.32. The molecule has 4 rings (SSSR count). The van der Waals surface area contributed by atoms with Crippen LogP contribution in [-0.2, 0) is 6.54 Å².